The van der Waals surface area contributed by atoms with E-state index in [1.54, 1.807) is 0 Å². The average Bonchev–Trinajstić information content (AvgIpc) is 2.99. The first-order chi connectivity index (χ1) is 13.8. The number of carbonyl (C=O) groups is 2. The number of rotatable bonds is 5. The number of amides is 2. The third-order valence-electron chi connectivity index (χ3n) is 4.59. The van der Waals surface area contributed by atoms with Crippen molar-refractivity contribution in [1.29, 1.82) is 0 Å². The monoisotopic (exact) mass is 448 g/mol. The molecule has 1 fully saturated rings. The first kappa shape index (κ1) is 23.5. The molecule has 8 nitrogen and oxygen atoms in total. The van der Waals surface area contributed by atoms with Gasteiger partial charge in [-0.1, -0.05) is 11.8 Å². The van der Waals surface area contributed by atoms with E-state index in [1.807, 2.05) is 5.92 Å². The molecule has 0 aromatic heterocycles. The Bertz CT molecular complexity index is 982. The van der Waals surface area contributed by atoms with Crippen molar-refractivity contribution in [3.8, 4) is 11.8 Å². The van der Waals surface area contributed by atoms with E-state index >= 15 is 0 Å². The molecule has 2 atom stereocenters. The minimum atomic E-state index is -4.38. The Morgan fingerprint density at radius 1 is 1.33 bits per heavy atom. The second kappa shape index (κ2) is 8.53. The molecule has 1 aromatic carbocycles. The lowest BCUT2D eigenvalue weighted by Crippen LogP contribution is -2.51. The Kier molecular flexibility index (Phi) is 6.68. The fraction of sp³-hybridized carbons (Fsp3) is 0.444. The van der Waals surface area contributed by atoms with Crippen molar-refractivity contribution in [3.05, 3.63) is 29.8 Å². The van der Waals surface area contributed by atoms with Crippen LogP contribution in [0.2, 0.25) is 0 Å². The van der Waals surface area contributed by atoms with Gasteiger partial charge in [0.05, 0.1) is 6.54 Å². The maximum Gasteiger partial charge on any atom is 0.414 e. The summed E-state index contributed by atoms with van der Waals surface area (Å²) in [6.45, 7) is 1.04. The van der Waals surface area contributed by atoms with Crippen LogP contribution >= 0.6 is 0 Å². The van der Waals surface area contributed by atoms with Crippen LogP contribution in [0.15, 0.2) is 24.3 Å². The molecule has 1 saturated heterocycles. The van der Waals surface area contributed by atoms with Crippen LogP contribution in [0.5, 0.6) is 0 Å². The lowest BCUT2D eigenvalue weighted by Gasteiger charge is -2.26. The molecule has 1 heterocycles. The van der Waals surface area contributed by atoms with E-state index in [4.69, 9.17) is 9.94 Å². The molecule has 0 spiro atoms. The van der Waals surface area contributed by atoms with Gasteiger partial charge in [0.15, 0.2) is 14.6 Å². The van der Waals surface area contributed by atoms with E-state index in [0.717, 1.165) is 13.2 Å². The molecule has 0 bridgehead atoms. The van der Waals surface area contributed by atoms with Crippen molar-refractivity contribution < 1.29 is 41.1 Å². The van der Waals surface area contributed by atoms with Gasteiger partial charge in [-0.05, 0) is 31.2 Å². The predicted molar refractivity (Wildman–Crippen MR) is 99.4 cm³/mol. The van der Waals surface area contributed by atoms with E-state index in [0.29, 0.717) is 11.3 Å². The van der Waals surface area contributed by atoms with Crippen LogP contribution in [0.3, 0.4) is 0 Å². The Morgan fingerprint density at radius 3 is 2.43 bits per heavy atom. The molecular formula is C18H19F3N2O6S. The zero-order chi connectivity index (χ0) is 22.7. The average molecular weight is 448 g/mol. The smallest absolute Gasteiger partial charge is 0.414 e. The van der Waals surface area contributed by atoms with Crippen LogP contribution in [-0.2, 0) is 19.4 Å². The van der Waals surface area contributed by atoms with Gasteiger partial charge in [0, 0.05) is 23.9 Å². The second-order valence-electron chi connectivity index (χ2n) is 6.91. The highest BCUT2D eigenvalue weighted by atomic mass is 32.2. The number of carbonyl (C=O) groups excluding carboxylic acids is 2. The summed E-state index contributed by atoms with van der Waals surface area (Å²) in [5.74, 6) is 3.22. The van der Waals surface area contributed by atoms with Crippen molar-refractivity contribution >= 4 is 27.5 Å². The van der Waals surface area contributed by atoms with E-state index in [9.17, 15) is 31.2 Å². The number of ether oxygens (including phenoxy) is 1. The Morgan fingerprint density at radius 2 is 1.93 bits per heavy atom. The Balaban J connectivity index is 2.13. The lowest BCUT2D eigenvalue weighted by atomic mass is 10.0. The first-order valence-corrected chi connectivity index (χ1v) is 10.4. The molecule has 1 aliphatic rings. The zero-order valence-corrected chi connectivity index (χ0v) is 16.8. The third kappa shape index (κ3) is 5.43. The number of hydrogen-bond donors (Lipinski definition) is 2. The third-order valence-corrected chi connectivity index (χ3v) is 6.58. The van der Waals surface area contributed by atoms with E-state index in [1.165, 1.54) is 34.6 Å². The van der Waals surface area contributed by atoms with Crippen LogP contribution in [0, 0.1) is 11.8 Å². The van der Waals surface area contributed by atoms with Crippen molar-refractivity contribution in [2.24, 2.45) is 0 Å². The van der Waals surface area contributed by atoms with Crippen LogP contribution in [0.1, 0.15) is 25.3 Å². The molecular weight excluding hydrogens is 429 g/mol. The number of sulfone groups is 1. The number of alkyl halides is 3. The van der Waals surface area contributed by atoms with Gasteiger partial charge in [0.1, 0.15) is 12.5 Å². The van der Waals surface area contributed by atoms with Gasteiger partial charge in [-0.3, -0.25) is 14.9 Å². The van der Waals surface area contributed by atoms with Gasteiger partial charge in [-0.15, -0.1) is 0 Å². The molecule has 2 rings (SSSR count). The Labute approximate surface area is 170 Å². The van der Waals surface area contributed by atoms with Crippen LogP contribution in [-0.4, -0.2) is 55.5 Å². The topological polar surface area (TPSA) is 113 Å². The summed E-state index contributed by atoms with van der Waals surface area (Å²) in [6.07, 6.45) is -6.92. The van der Waals surface area contributed by atoms with Crippen molar-refractivity contribution in [2.45, 2.75) is 36.8 Å². The van der Waals surface area contributed by atoms with Gasteiger partial charge in [-0.25, -0.2) is 18.7 Å². The summed E-state index contributed by atoms with van der Waals surface area (Å²) >= 11 is 0. The van der Waals surface area contributed by atoms with E-state index in [-0.39, 0.29) is 13.0 Å². The number of halogens is 3. The number of cyclic esters (lactones) is 1. The quantitative estimate of drug-likeness (QED) is 0.405. The summed E-state index contributed by atoms with van der Waals surface area (Å²) in [4.78, 5) is 25.3. The van der Waals surface area contributed by atoms with Gasteiger partial charge in [-0.2, -0.15) is 13.2 Å². The molecule has 2 N–H and O–H groups in total. The normalized spacial score (nSPS) is 18.8. The highest BCUT2D eigenvalue weighted by Crippen LogP contribution is 2.30. The number of benzene rings is 1. The minimum absolute atomic E-state index is 0.0677. The molecule has 1 aromatic rings. The van der Waals surface area contributed by atoms with Crippen LogP contribution < -0.4 is 10.4 Å². The Hall–Kier alpha value is -2.78. The van der Waals surface area contributed by atoms with Gasteiger partial charge in [0.2, 0.25) is 0 Å². The second-order valence-corrected chi connectivity index (χ2v) is 9.35. The van der Waals surface area contributed by atoms with E-state index < -0.39 is 45.3 Å². The highest BCUT2D eigenvalue weighted by molar-refractivity contribution is 7.92. The van der Waals surface area contributed by atoms with Crippen molar-refractivity contribution in [2.75, 3.05) is 17.7 Å². The molecule has 0 radical (unpaired) electrons. The molecule has 0 aliphatic carbocycles. The van der Waals surface area contributed by atoms with Gasteiger partial charge >= 0.3 is 12.3 Å². The standard InChI is InChI=1S/C18H19F3N2O6S/c1-17(15(24)22-26,30(2,27)28)10-14-11-23(16(25)29-14)13-7-5-12(6-8-13)4-3-9-18(19,20)21/h5-8,14,26H,9-11H2,1-2H3,(H,22,24). The molecule has 2 unspecified atom stereocenters. The molecule has 12 heteroatoms. The molecule has 0 saturated carbocycles. The fourth-order valence-electron chi connectivity index (χ4n) is 2.78. The van der Waals surface area contributed by atoms with Crippen molar-refractivity contribution in [1.82, 2.24) is 5.48 Å². The van der Waals surface area contributed by atoms with Crippen molar-refractivity contribution in [3.63, 3.8) is 0 Å². The van der Waals surface area contributed by atoms with E-state index in [2.05, 4.69) is 5.92 Å². The summed E-state index contributed by atoms with van der Waals surface area (Å²) in [6, 6.07) is 5.77. The molecule has 30 heavy (non-hydrogen) atoms. The highest BCUT2D eigenvalue weighted by Gasteiger charge is 2.48. The fourth-order valence-corrected chi connectivity index (χ4v) is 3.65. The largest absolute Gasteiger partial charge is 0.444 e. The summed E-state index contributed by atoms with van der Waals surface area (Å²) in [5, 5.41) is 8.87. The van der Waals surface area contributed by atoms with Crippen LogP contribution in [0.25, 0.3) is 0 Å². The van der Waals surface area contributed by atoms with Gasteiger partial charge in [0.25, 0.3) is 5.91 Å². The number of anilines is 1. The lowest BCUT2D eigenvalue weighted by molar-refractivity contribution is -0.132. The summed E-state index contributed by atoms with van der Waals surface area (Å²) in [7, 11) is -3.97. The van der Waals surface area contributed by atoms with Gasteiger partial charge < -0.3 is 4.74 Å². The zero-order valence-electron chi connectivity index (χ0n) is 16.0. The number of hydroxylamine groups is 1. The maximum atomic E-state index is 12.2. The maximum absolute atomic E-state index is 12.2. The molecule has 2 amide bonds. The number of hydrogen-bond acceptors (Lipinski definition) is 6. The predicted octanol–water partition coefficient (Wildman–Crippen LogP) is 2.01. The molecule has 1 aliphatic heterocycles. The summed E-state index contributed by atoms with van der Waals surface area (Å²) in [5.41, 5.74) is 1.99. The SMILES string of the molecule is CC(CC1CN(c2ccc(C#CCC(F)(F)F)cc2)C(=O)O1)(C(=O)NO)S(C)(=O)=O. The first-order valence-electron chi connectivity index (χ1n) is 8.55. The number of nitrogens with one attached hydrogen (secondary N) is 1. The molecule has 164 valence electrons. The number of nitrogens with zero attached hydrogens (tertiary/aromatic N) is 1. The van der Waals surface area contributed by atoms with Crippen LogP contribution in [0.4, 0.5) is 23.7 Å². The minimum Gasteiger partial charge on any atom is -0.444 e. The summed E-state index contributed by atoms with van der Waals surface area (Å²) < 4.78 is 63.6.